The lowest BCUT2D eigenvalue weighted by Gasteiger charge is -2.30. The van der Waals surface area contributed by atoms with Crippen molar-refractivity contribution in [3.05, 3.63) is 0 Å². The van der Waals surface area contributed by atoms with Crippen LogP contribution in [0.3, 0.4) is 0 Å². The molecule has 0 radical (unpaired) electrons. The van der Waals surface area contributed by atoms with E-state index in [0.29, 0.717) is 18.4 Å². The smallest absolute Gasteiger partial charge is 0.306 e. The van der Waals surface area contributed by atoms with Crippen LogP contribution >= 0.6 is 0 Å². The van der Waals surface area contributed by atoms with Crippen LogP contribution in [0.2, 0.25) is 0 Å². The third kappa shape index (κ3) is 9.89. The zero-order chi connectivity index (χ0) is 16.1. The molecular formula is C18H36O3. The fourth-order valence-electron chi connectivity index (χ4n) is 2.72. The largest absolute Gasteiger partial charge is 0.466 e. The molecule has 0 aromatic heterocycles. The van der Waals surface area contributed by atoms with Crippen molar-refractivity contribution in [2.45, 2.75) is 85.5 Å². The summed E-state index contributed by atoms with van der Waals surface area (Å²) in [5.74, 6) is -0.136. The topological polar surface area (TPSA) is 46.5 Å². The van der Waals surface area contributed by atoms with Gasteiger partial charge in [0.25, 0.3) is 0 Å². The first-order valence-electron chi connectivity index (χ1n) is 8.77. The number of aliphatic hydroxyl groups is 1. The number of unbranched alkanes of at least 4 members (excludes halogenated alkanes) is 3. The zero-order valence-electron chi connectivity index (χ0n) is 14.6. The van der Waals surface area contributed by atoms with E-state index in [9.17, 15) is 9.90 Å². The van der Waals surface area contributed by atoms with Gasteiger partial charge in [0, 0.05) is 6.61 Å². The first-order chi connectivity index (χ1) is 10.0. The Morgan fingerprint density at radius 3 is 2.38 bits per heavy atom. The monoisotopic (exact) mass is 300 g/mol. The molecule has 0 aliphatic heterocycles. The average molecular weight is 300 g/mol. The summed E-state index contributed by atoms with van der Waals surface area (Å²) in [4.78, 5) is 11.5. The molecule has 0 bridgehead atoms. The lowest BCUT2D eigenvalue weighted by molar-refractivity contribution is -0.144. The molecular weight excluding hydrogens is 264 g/mol. The summed E-state index contributed by atoms with van der Waals surface area (Å²) in [6, 6.07) is 0. The van der Waals surface area contributed by atoms with Gasteiger partial charge in [0.15, 0.2) is 0 Å². The maximum Gasteiger partial charge on any atom is 0.306 e. The van der Waals surface area contributed by atoms with Gasteiger partial charge in [-0.25, -0.2) is 0 Å². The standard InChI is InChI=1S/C18H36O3/c1-5-8-9-10-12-18(4,6-2)13-11-16(15-19)14-17(20)21-7-3/h16,19H,5-15H2,1-4H3/t16-,18?/m1/s1. The third-order valence-corrected chi connectivity index (χ3v) is 4.66. The SMILES string of the molecule is CCCCCCC(C)(CC)CC[C@@H](CO)CC(=O)OCC. The molecule has 126 valence electrons. The Bertz CT molecular complexity index is 265. The Hall–Kier alpha value is -0.570. The van der Waals surface area contributed by atoms with Crippen molar-refractivity contribution in [2.75, 3.05) is 13.2 Å². The van der Waals surface area contributed by atoms with E-state index in [1.165, 1.54) is 32.1 Å². The highest BCUT2D eigenvalue weighted by molar-refractivity contribution is 5.69. The molecule has 3 heteroatoms. The number of esters is 1. The summed E-state index contributed by atoms with van der Waals surface area (Å²) >= 11 is 0. The van der Waals surface area contributed by atoms with Gasteiger partial charge in [-0.05, 0) is 37.5 Å². The number of hydrogen-bond acceptors (Lipinski definition) is 3. The fraction of sp³-hybridized carbons (Fsp3) is 0.944. The first-order valence-corrected chi connectivity index (χ1v) is 8.77. The molecule has 0 spiro atoms. The lowest BCUT2D eigenvalue weighted by Crippen LogP contribution is -2.20. The van der Waals surface area contributed by atoms with Crippen molar-refractivity contribution in [2.24, 2.45) is 11.3 Å². The second kappa shape index (κ2) is 12.0. The molecule has 0 heterocycles. The van der Waals surface area contributed by atoms with Gasteiger partial charge in [-0.1, -0.05) is 52.9 Å². The summed E-state index contributed by atoms with van der Waals surface area (Å²) < 4.78 is 4.97. The molecule has 0 saturated heterocycles. The molecule has 2 atom stereocenters. The molecule has 0 aliphatic rings. The van der Waals surface area contributed by atoms with E-state index in [1.807, 2.05) is 6.92 Å². The Morgan fingerprint density at radius 2 is 1.86 bits per heavy atom. The highest BCUT2D eigenvalue weighted by Crippen LogP contribution is 2.35. The summed E-state index contributed by atoms with van der Waals surface area (Å²) in [6.45, 7) is 9.14. The number of hydrogen-bond donors (Lipinski definition) is 1. The minimum absolute atomic E-state index is 0.0468. The summed E-state index contributed by atoms with van der Waals surface area (Å²) in [6.07, 6.45) is 9.96. The van der Waals surface area contributed by atoms with Crippen molar-refractivity contribution < 1.29 is 14.6 Å². The van der Waals surface area contributed by atoms with Gasteiger partial charge in [0.05, 0.1) is 13.0 Å². The minimum Gasteiger partial charge on any atom is -0.466 e. The number of aliphatic hydroxyl groups excluding tert-OH is 1. The van der Waals surface area contributed by atoms with Gasteiger partial charge >= 0.3 is 5.97 Å². The van der Waals surface area contributed by atoms with Gasteiger partial charge in [-0.3, -0.25) is 4.79 Å². The van der Waals surface area contributed by atoms with Crippen molar-refractivity contribution in [1.29, 1.82) is 0 Å². The maximum absolute atomic E-state index is 11.5. The van der Waals surface area contributed by atoms with Gasteiger partial charge < -0.3 is 9.84 Å². The van der Waals surface area contributed by atoms with E-state index in [0.717, 1.165) is 19.3 Å². The van der Waals surface area contributed by atoms with Crippen LogP contribution < -0.4 is 0 Å². The third-order valence-electron chi connectivity index (χ3n) is 4.66. The molecule has 1 unspecified atom stereocenters. The van der Waals surface area contributed by atoms with E-state index in [1.54, 1.807) is 0 Å². The van der Waals surface area contributed by atoms with E-state index in [4.69, 9.17) is 4.74 Å². The molecule has 3 nitrogen and oxygen atoms in total. The van der Waals surface area contributed by atoms with Crippen LogP contribution in [0.15, 0.2) is 0 Å². The van der Waals surface area contributed by atoms with Crippen molar-refractivity contribution in [3.63, 3.8) is 0 Å². The highest BCUT2D eigenvalue weighted by Gasteiger charge is 2.24. The van der Waals surface area contributed by atoms with Crippen molar-refractivity contribution in [1.82, 2.24) is 0 Å². The Kier molecular flexibility index (Phi) is 11.7. The molecule has 0 fully saturated rings. The lowest BCUT2D eigenvalue weighted by atomic mass is 9.76. The van der Waals surface area contributed by atoms with Gasteiger partial charge in [-0.2, -0.15) is 0 Å². The quantitative estimate of drug-likeness (QED) is 0.395. The summed E-state index contributed by atoms with van der Waals surface area (Å²) in [5, 5.41) is 9.45. The summed E-state index contributed by atoms with van der Waals surface area (Å²) in [7, 11) is 0. The van der Waals surface area contributed by atoms with E-state index >= 15 is 0 Å². The Morgan fingerprint density at radius 1 is 1.14 bits per heavy atom. The number of carbonyl (C=O) groups excluding carboxylic acids is 1. The van der Waals surface area contributed by atoms with Crippen LogP contribution in [0.5, 0.6) is 0 Å². The number of carbonyl (C=O) groups is 1. The fourth-order valence-corrected chi connectivity index (χ4v) is 2.72. The second-order valence-corrected chi connectivity index (χ2v) is 6.57. The van der Waals surface area contributed by atoms with E-state index < -0.39 is 0 Å². The normalized spacial score (nSPS) is 15.5. The maximum atomic E-state index is 11.5. The van der Waals surface area contributed by atoms with Gasteiger partial charge in [0.1, 0.15) is 0 Å². The van der Waals surface area contributed by atoms with E-state index in [2.05, 4.69) is 20.8 Å². The predicted molar refractivity (Wildman–Crippen MR) is 88.2 cm³/mol. The molecule has 21 heavy (non-hydrogen) atoms. The molecule has 0 aromatic carbocycles. The zero-order valence-corrected chi connectivity index (χ0v) is 14.6. The van der Waals surface area contributed by atoms with Crippen LogP contribution in [-0.4, -0.2) is 24.3 Å². The first kappa shape index (κ1) is 20.4. The van der Waals surface area contributed by atoms with Crippen LogP contribution in [0.4, 0.5) is 0 Å². The van der Waals surface area contributed by atoms with Gasteiger partial charge in [0.2, 0.25) is 0 Å². The molecule has 0 aromatic rings. The van der Waals surface area contributed by atoms with Crippen molar-refractivity contribution >= 4 is 5.97 Å². The number of rotatable bonds is 13. The second-order valence-electron chi connectivity index (χ2n) is 6.57. The van der Waals surface area contributed by atoms with Crippen molar-refractivity contribution in [3.8, 4) is 0 Å². The molecule has 1 N–H and O–H groups in total. The molecule has 0 saturated carbocycles. The van der Waals surface area contributed by atoms with E-state index in [-0.39, 0.29) is 18.5 Å². The van der Waals surface area contributed by atoms with Crippen LogP contribution in [0.25, 0.3) is 0 Å². The molecule has 0 rings (SSSR count). The number of ether oxygens (including phenoxy) is 1. The Labute approximate surface area is 131 Å². The van der Waals surface area contributed by atoms with Crippen LogP contribution in [0.1, 0.15) is 85.5 Å². The molecule has 0 amide bonds. The predicted octanol–water partition coefficient (Wildman–Crippen LogP) is 4.72. The van der Waals surface area contributed by atoms with Gasteiger partial charge in [-0.15, -0.1) is 0 Å². The summed E-state index contributed by atoms with van der Waals surface area (Å²) in [5.41, 5.74) is 0.343. The molecule has 0 aliphatic carbocycles. The average Bonchev–Trinajstić information content (AvgIpc) is 2.48. The van der Waals surface area contributed by atoms with Crippen LogP contribution in [0, 0.1) is 11.3 Å². The van der Waals surface area contributed by atoms with Crippen LogP contribution in [-0.2, 0) is 9.53 Å². The highest BCUT2D eigenvalue weighted by atomic mass is 16.5. The Balaban J connectivity index is 4.16. The minimum atomic E-state index is -0.183.